The second-order valence-corrected chi connectivity index (χ2v) is 6.83. The molecule has 0 atom stereocenters. The zero-order valence-corrected chi connectivity index (χ0v) is 16.6. The molecule has 146 valence electrons. The average Bonchev–Trinajstić information content (AvgIpc) is 3.01. The SMILES string of the molecule is CC(=O)NNc1nc(C)c(C(/C=C\c2ccc([N+](=O)[O-])cc2)=N/NC(N)=S)s1. The molecule has 0 unspecified atom stereocenters. The van der Waals surface area contributed by atoms with E-state index in [4.69, 9.17) is 18.0 Å². The van der Waals surface area contributed by atoms with E-state index in [1.807, 2.05) is 0 Å². The molecule has 0 aliphatic heterocycles. The van der Waals surface area contributed by atoms with Crippen LogP contribution < -0.4 is 22.0 Å². The van der Waals surface area contributed by atoms with E-state index >= 15 is 0 Å². The quantitative estimate of drug-likeness (QED) is 0.231. The topological polar surface area (TPSA) is 148 Å². The second-order valence-electron chi connectivity index (χ2n) is 5.39. The standard InChI is InChI=1S/C16H17N7O3S2/c1-9-14(28-16(18-9)22-19-10(2)24)13(20-21-15(17)27)8-5-11-3-6-12(7-4-11)23(25)26/h3-8H,1-2H3,(H,18,22)(H,19,24)(H3,17,21,27)/b8-5-,20-13+. The minimum absolute atomic E-state index is 0.000000845. The van der Waals surface area contributed by atoms with Crippen molar-refractivity contribution in [2.24, 2.45) is 10.8 Å². The molecule has 28 heavy (non-hydrogen) atoms. The first kappa shape index (κ1) is 20.9. The van der Waals surface area contributed by atoms with Crippen molar-refractivity contribution in [1.29, 1.82) is 0 Å². The normalized spacial score (nSPS) is 11.3. The summed E-state index contributed by atoms with van der Waals surface area (Å²) in [6.07, 6.45) is 3.44. The number of nitrogens with two attached hydrogens (primary N) is 1. The third-order valence-corrected chi connectivity index (χ3v) is 4.39. The number of hydrazone groups is 1. The molecule has 0 aliphatic carbocycles. The number of nitro benzene ring substituents is 1. The van der Waals surface area contributed by atoms with Gasteiger partial charge in [-0.15, -0.1) is 0 Å². The number of aryl methyl sites for hydroxylation is 1. The van der Waals surface area contributed by atoms with Crippen LogP contribution in [0.1, 0.15) is 23.1 Å². The zero-order valence-electron chi connectivity index (χ0n) is 14.9. The summed E-state index contributed by atoms with van der Waals surface area (Å²) in [5.74, 6) is -0.253. The summed E-state index contributed by atoms with van der Waals surface area (Å²) < 4.78 is 0. The number of aromatic nitrogens is 1. The van der Waals surface area contributed by atoms with E-state index in [1.165, 1.54) is 30.4 Å². The molecular weight excluding hydrogens is 402 g/mol. The molecule has 1 heterocycles. The lowest BCUT2D eigenvalue weighted by Gasteiger charge is -2.02. The van der Waals surface area contributed by atoms with Crippen LogP contribution in [0, 0.1) is 17.0 Å². The largest absolute Gasteiger partial charge is 0.375 e. The molecule has 0 fully saturated rings. The van der Waals surface area contributed by atoms with Crippen LogP contribution in [0.15, 0.2) is 35.4 Å². The fourth-order valence-electron chi connectivity index (χ4n) is 1.99. The molecule has 1 aromatic carbocycles. The van der Waals surface area contributed by atoms with Gasteiger partial charge >= 0.3 is 0 Å². The van der Waals surface area contributed by atoms with Crippen LogP contribution in [0.2, 0.25) is 0 Å². The van der Waals surface area contributed by atoms with Crippen molar-refractivity contribution in [3.63, 3.8) is 0 Å². The maximum absolute atomic E-state index is 11.0. The number of hydrazine groups is 1. The van der Waals surface area contributed by atoms with E-state index in [9.17, 15) is 14.9 Å². The molecule has 0 radical (unpaired) electrons. The van der Waals surface area contributed by atoms with E-state index in [0.29, 0.717) is 16.5 Å². The van der Waals surface area contributed by atoms with Crippen molar-refractivity contribution in [3.05, 3.63) is 56.6 Å². The van der Waals surface area contributed by atoms with Crippen molar-refractivity contribution in [2.75, 3.05) is 5.43 Å². The Morgan fingerprint density at radius 2 is 2.07 bits per heavy atom. The number of anilines is 1. The Labute approximate surface area is 169 Å². The summed E-state index contributed by atoms with van der Waals surface area (Å²) in [7, 11) is 0. The summed E-state index contributed by atoms with van der Waals surface area (Å²) in [6.45, 7) is 3.17. The van der Waals surface area contributed by atoms with Gasteiger partial charge in [0.15, 0.2) is 5.11 Å². The summed E-state index contributed by atoms with van der Waals surface area (Å²) >= 11 is 6.06. The number of allylic oxidation sites excluding steroid dienone is 1. The van der Waals surface area contributed by atoms with Gasteiger partial charge < -0.3 is 5.73 Å². The first-order valence-electron chi connectivity index (χ1n) is 7.82. The maximum atomic E-state index is 11.0. The van der Waals surface area contributed by atoms with Crippen molar-refractivity contribution in [3.8, 4) is 0 Å². The van der Waals surface area contributed by atoms with Gasteiger partial charge in [0, 0.05) is 19.1 Å². The fraction of sp³-hybridized carbons (Fsp3) is 0.125. The van der Waals surface area contributed by atoms with Gasteiger partial charge in [0.2, 0.25) is 11.0 Å². The number of thiocarbonyl (C=S) groups is 1. The van der Waals surface area contributed by atoms with Crippen LogP contribution >= 0.6 is 23.6 Å². The zero-order chi connectivity index (χ0) is 20.7. The molecule has 2 rings (SSSR count). The molecule has 0 saturated heterocycles. The number of hydrogen-bond acceptors (Lipinski definition) is 8. The van der Waals surface area contributed by atoms with Gasteiger partial charge in [0.05, 0.1) is 15.5 Å². The molecule has 0 aliphatic rings. The predicted molar refractivity (Wildman–Crippen MR) is 113 cm³/mol. The number of benzene rings is 1. The number of nitro groups is 1. The molecule has 5 N–H and O–H groups in total. The van der Waals surface area contributed by atoms with Crippen LogP contribution in [0.4, 0.5) is 10.8 Å². The van der Waals surface area contributed by atoms with Crippen molar-refractivity contribution >= 4 is 57.2 Å². The fourth-order valence-corrected chi connectivity index (χ4v) is 2.93. The van der Waals surface area contributed by atoms with Crippen LogP contribution in [0.5, 0.6) is 0 Å². The number of nitrogens with one attached hydrogen (secondary N) is 3. The highest BCUT2D eigenvalue weighted by atomic mass is 32.1. The van der Waals surface area contributed by atoms with Crippen LogP contribution in [0.25, 0.3) is 6.08 Å². The molecule has 10 nitrogen and oxygen atoms in total. The Morgan fingerprint density at radius 3 is 2.64 bits per heavy atom. The Kier molecular flexibility index (Phi) is 7.12. The van der Waals surface area contributed by atoms with Crippen LogP contribution in [-0.2, 0) is 4.79 Å². The molecule has 2 aromatic rings. The third kappa shape index (κ3) is 6.10. The van der Waals surface area contributed by atoms with Gasteiger partial charge in [0.1, 0.15) is 5.71 Å². The molecule has 0 bridgehead atoms. The summed E-state index contributed by atoms with van der Waals surface area (Å²) in [6, 6.07) is 6.07. The molecular formula is C16H17N7O3S2. The van der Waals surface area contributed by atoms with Gasteiger partial charge in [-0.3, -0.25) is 31.2 Å². The summed E-state index contributed by atoms with van der Waals surface area (Å²) in [5, 5.41) is 15.4. The molecule has 0 spiro atoms. The number of thiazole rings is 1. The average molecular weight is 419 g/mol. The lowest BCUT2D eigenvalue weighted by Crippen LogP contribution is -2.26. The highest BCUT2D eigenvalue weighted by Crippen LogP contribution is 2.24. The van der Waals surface area contributed by atoms with Crippen molar-refractivity contribution in [2.45, 2.75) is 13.8 Å². The highest BCUT2D eigenvalue weighted by molar-refractivity contribution is 7.80. The summed E-state index contributed by atoms with van der Waals surface area (Å²) in [4.78, 5) is 26.4. The molecule has 1 amide bonds. The van der Waals surface area contributed by atoms with Gasteiger partial charge in [0.25, 0.3) is 5.69 Å². The number of hydrogen-bond donors (Lipinski definition) is 4. The van der Waals surface area contributed by atoms with Crippen molar-refractivity contribution < 1.29 is 9.72 Å². The lowest BCUT2D eigenvalue weighted by atomic mass is 10.1. The monoisotopic (exact) mass is 419 g/mol. The first-order chi connectivity index (χ1) is 13.3. The van der Waals surface area contributed by atoms with E-state index in [0.717, 1.165) is 10.4 Å². The van der Waals surface area contributed by atoms with E-state index in [1.54, 1.807) is 31.2 Å². The van der Waals surface area contributed by atoms with E-state index in [-0.39, 0.29) is 16.7 Å². The smallest absolute Gasteiger partial charge is 0.269 e. The van der Waals surface area contributed by atoms with Gasteiger partial charge in [-0.1, -0.05) is 17.4 Å². The number of carbonyl (C=O) groups excluding carboxylic acids is 1. The minimum Gasteiger partial charge on any atom is -0.375 e. The number of carbonyl (C=O) groups is 1. The lowest BCUT2D eigenvalue weighted by molar-refractivity contribution is -0.384. The third-order valence-electron chi connectivity index (χ3n) is 3.20. The minimum atomic E-state index is -0.462. The van der Waals surface area contributed by atoms with Gasteiger partial charge in [-0.2, -0.15) is 5.10 Å². The van der Waals surface area contributed by atoms with Crippen molar-refractivity contribution in [1.82, 2.24) is 15.8 Å². The number of rotatable bonds is 7. The van der Waals surface area contributed by atoms with E-state index < -0.39 is 4.92 Å². The predicted octanol–water partition coefficient (Wildman–Crippen LogP) is 2.07. The Bertz CT molecular complexity index is 952. The highest BCUT2D eigenvalue weighted by Gasteiger charge is 2.13. The van der Waals surface area contributed by atoms with Crippen LogP contribution in [-0.4, -0.2) is 26.6 Å². The van der Waals surface area contributed by atoms with Gasteiger partial charge in [-0.25, -0.2) is 4.98 Å². The molecule has 1 aromatic heterocycles. The van der Waals surface area contributed by atoms with Gasteiger partial charge in [-0.05, 0) is 42.9 Å². The summed E-state index contributed by atoms with van der Waals surface area (Å²) in [5.41, 5.74) is 15.1. The molecule has 12 heteroatoms. The number of nitrogens with zero attached hydrogens (tertiary/aromatic N) is 3. The number of amides is 1. The maximum Gasteiger partial charge on any atom is 0.269 e. The molecule has 0 saturated carbocycles. The Morgan fingerprint density at radius 1 is 1.39 bits per heavy atom. The Hall–Kier alpha value is -3.38. The Balaban J connectivity index is 2.29. The second kappa shape index (κ2) is 9.53. The van der Waals surface area contributed by atoms with Crippen LogP contribution in [0.3, 0.4) is 0 Å². The first-order valence-corrected chi connectivity index (χ1v) is 9.05. The number of non-ortho nitro benzene ring substituents is 1. The van der Waals surface area contributed by atoms with E-state index in [2.05, 4.69) is 26.4 Å².